The molecule has 0 unspecified atom stereocenters. The lowest BCUT2D eigenvalue weighted by atomic mass is 9.67. The van der Waals surface area contributed by atoms with Gasteiger partial charge in [-0.05, 0) is 129 Å². The van der Waals surface area contributed by atoms with Gasteiger partial charge in [-0.2, -0.15) is 0 Å². The predicted molar refractivity (Wildman–Crippen MR) is 300 cm³/mol. The third kappa shape index (κ3) is 6.52. The average Bonchev–Trinajstić information content (AvgIpc) is 3.96. The molecule has 13 rings (SSSR count). The maximum absolute atomic E-state index is 6.76. The molecule has 0 fully saturated rings. The first-order valence-corrected chi connectivity index (χ1v) is 24.5. The van der Waals surface area contributed by atoms with Crippen molar-refractivity contribution in [3.05, 3.63) is 247 Å². The molecule has 12 aromatic rings. The summed E-state index contributed by atoms with van der Waals surface area (Å²) < 4.78 is 13.4. The van der Waals surface area contributed by atoms with Crippen molar-refractivity contribution >= 4 is 94.7 Å². The van der Waals surface area contributed by atoms with Gasteiger partial charge in [0.15, 0.2) is 11.2 Å². The molecule has 1 aliphatic rings. The Morgan fingerprint density at radius 3 is 1.92 bits per heavy atom. The topological polar surface area (TPSA) is 32.8 Å². The number of fused-ring (bicyclic) bond motifs is 8. The molecule has 4 heteroatoms. The summed E-state index contributed by atoms with van der Waals surface area (Å²) >= 11 is 0. The molecule has 0 radical (unpaired) electrons. The van der Waals surface area contributed by atoms with Gasteiger partial charge in [-0.25, -0.2) is 0 Å². The Kier molecular flexibility index (Phi) is 9.76. The van der Waals surface area contributed by atoms with Crippen LogP contribution in [0.15, 0.2) is 228 Å². The first-order valence-electron chi connectivity index (χ1n) is 24.5. The van der Waals surface area contributed by atoms with Crippen molar-refractivity contribution in [3.63, 3.8) is 0 Å². The first-order chi connectivity index (χ1) is 34.8. The molecule has 0 atom stereocenters. The van der Waals surface area contributed by atoms with Gasteiger partial charge < -0.3 is 18.6 Å². The minimum Gasteiger partial charge on any atom is -0.459 e. The summed E-state index contributed by atoms with van der Waals surface area (Å²) in [7, 11) is 0. The van der Waals surface area contributed by atoms with Crippen LogP contribution >= 0.6 is 0 Å². The van der Waals surface area contributed by atoms with Crippen LogP contribution in [0.1, 0.15) is 41.9 Å². The van der Waals surface area contributed by atoms with E-state index in [4.69, 9.17) is 8.83 Å². The van der Waals surface area contributed by atoms with Gasteiger partial charge in [-0.15, -0.1) is 0 Å². The van der Waals surface area contributed by atoms with E-state index in [0.29, 0.717) is 0 Å². The van der Waals surface area contributed by atoms with Crippen molar-refractivity contribution in [1.29, 1.82) is 0 Å². The monoisotopic (exact) mass is 914 g/mol. The van der Waals surface area contributed by atoms with Gasteiger partial charge >= 0.3 is 0 Å². The molecular formula is C67H50N2O2. The van der Waals surface area contributed by atoms with Crippen LogP contribution in [0, 0.1) is 13.8 Å². The number of anilines is 6. The number of benzene rings is 10. The number of furan rings is 2. The summed E-state index contributed by atoms with van der Waals surface area (Å²) in [4.78, 5) is 4.75. The van der Waals surface area contributed by atoms with Gasteiger partial charge in [-0.1, -0.05) is 178 Å². The van der Waals surface area contributed by atoms with E-state index in [2.05, 4.69) is 237 Å². The predicted octanol–water partition coefficient (Wildman–Crippen LogP) is 19.4. The van der Waals surface area contributed by atoms with Gasteiger partial charge in [0.05, 0.1) is 17.1 Å². The van der Waals surface area contributed by atoms with Crippen molar-refractivity contribution in [3.8, 4) is 22.3 Å². The Morgan fingerprint density at radius 2 is 1.10 bits per heavy atom. The van der Waals surface area contributed by atoms with Crippen molar-refractivity contribution in [1.82, 2.24) is 0 Å². The maximum atomic E-state index is 6.76. The highest BCUT2D eigenvalue weighted by molar-refractivity contribution is 6.20. The van der Waals surface area contributed by atoms with Gasteiger partial charge in [0.25, 0.3) is 0 Å². The zero-order valence-corrected chi connectivity index (χ0v) is 40.2. The van der Waals surface area contributed by atoms with Crippen LogP contribution in [0.3, 0.4) is 0 Å². The minimum atomic E-state index is -0.358. The lowest BCUT2D eigenvalue weighted by Crippen LogP contribution is -2.25. The lowest BCUT2D eigenvalue weighted by molar-refractivity contribution is 0.578. The smallest absolute Gasteiger partial charge is 0.159 e. The van der Waals surface area contributed by atoms with Crippen molar-refractivity contribution in [2.45, 2.75) is 33.1 Å². The van der Waals surface area contributed by atoms with E-state index in [0.717, 1.165) is 89.5 Å². The fourth-order valence-electron chi connectivity index (χ4n) is 11.6. The van der Waals surface area contributed by atoms with Crippen LogP contribution in [-0.4, -0.2) is 0 Å². The zero-order valence-electron chi connectivity index (χ0n) is 40.2. The van der Waals surface area contributed by atoms with E-state index >= 15 is 0 Å². The summed E-state index contributed by atoms with van der Waals surface area (Å²) in [5.41, 5.74) is 18.2. The van der Waals surface area contributed by atoms with E-state index in [-0.39, 0.29) is 5.41 Å². The van der Waals surface area contributed by atoms with Crippen LogP contribution in [0.5, 0.6) is 0 Å². The summed E-state index contributed by atoms with van der Waals surface area (Å²) in [6.45, 7) is 13.1. The molecule has 340 valence electrons. The maximum Gasteiger partial charge on any atom is 0.159 e. The van der Waals surface area contributed by atoms with Crippen LogP contribution < -0.4 is 9.80 Å². The van der Waals surface area contributed by atoms with E-state index < -0.39 is 0 Å². The number of rotatable bonds is 9. The molecular weight excluding hydrogens is 865 g/mol. The Labute approximate surface area is 413 Å². The van der Waals surface area contributed by atoms with E-state index in [1.54, 1.807) is 0 Å². The quantitative estimate of drug-likeness (QED) is 0.107. The second kappa shape index (κ2) is 16.4. The van der Waals surface area contributed by atoms with Gasteiger partial charge in [0.1, 0.15) is 11.3 Å². The molecule has 10 aromatic carbocycles. The Balaban J connectivity index is 1.02. The molecule has 0 saturated heterocycles. The highest BCUT2D eigenvalue weighted by Crippen LogP contribution is 2.55. The molecule has 2 heterocycles. The highest BCUT2D eigenvalue weighted by atomic mass is 16.3. The summed E-state index contributed by atoms with van der Waals surface area (Å²) in [6.07, 6.45) is 5.88. The molecule has 4 nitrogen and oxygen atoms in total. The first kappa shape index (κ1) is 42.3. The van der Waals surface area contributed by atoms with Crippen LogP contribution in [0.25, 0.3) is 82.8 Å². The molecule has 2 aromatic heterocycles. The molecule has 0 aliphatic heterocycles. The normalized spacial score (nSPS) is 12.9. The van der Waals surface area contributed by atoms with Crippen molar-refractivity contribution in [2.75, 3.05) is 9.80 Å². The van der Waals surface area contributed by atoms with Crippen molar-refractivity contribution < 1.29 is 8.83 Å². The number of hydrogen-bond donors (Lipinski definition) is 0. The lowest BCUT2D eigenvalue weighted by Gasteiger charge is -2.38. The number of para-hydroxylation sites is 5. The van der Waals surface area contributed by atoms with Gasteiger partial charge in [0, 0.05) is 49.8 Å². The Hall–Kier alpha value is -8.86. The SMILES string of the molecule is C=C/C=C\c1c(C)oc2c(N(c3ccc4c(c3)C(C)(C)c3cccc5c3c-4c(C)c3ccc(N(c4ccccc4)c4cccc6c4oc4ccccc46)cc35)c3ccccc3-c3ccccc3)cccc12. The molecule has 0 bridgehead atoms. The van der Waals surface area contributed by atoms with E-state index in [1.165, 1.54) is 49.4 Å². The van der Waals surface area contributed by atoms with Crippen LogP contribution in [0.2, 0.25) is 0 Å². The summed E-state index contributed by atoms with van der Waals surface area (Å²) in [6, 6.07) is 72.4. The fourth-order valence-corrected chi connectivity index (χ4v) is 11.6. The van der Waals surface area contributed by atoms with Crippen LogP contribution in [0.4, 0.5) is 34.1 Å². The third-order valence-corrected chi connectivity index (χ3v) is 14.9. The van der Waals surface area contributed by atoms with Crippen molar-refractivity contribution in [2.24, 2.45) is 0 Å². The number of aryl methyl sites for hydroxylation is 2. The van der Waals surface area contributed by atoms with Gasteiger partial charge in [0.2, 0.25) is 0 Å². The zero-order chi connectivity index (χ0) is 48.0. The number of allylic oxidation sites excluding steroid dienone is 2. The largest absolute Gasteiger partial charge is 0.459 e. The molecule has 0 saturated carbocycles. The third-order valence-electron chi connectivity index (χ3n) is 14.9. The summed E-state index contributed by atoms with van der Waals surface area (Å²) in [5.74, 6) is 0.865. The molecule has 71 heavy (non-hydrogen) atoms. The van der Waals surface area contributed by atoms with Gasteiger partial charge in [-0.3, -0.25) is 0 Å². The molecule has 0 N–H and O–H groups in total. The average molecular weight is 915 g/mol. The minimum absolute atomic E-state index is 0.358. The number of hydrogen-bond acceptors (Lipinski definition) is 4. The molecule has 1 aliphatic carbocycles. The Bertz CT molecular complexity index is 4130. The van der Waals surface area contributed by atoms with E-state index in [9.17, 15) is 0 Å². The van der Waals surface area contributed by atoms with Crippen LogP contribution in [-0.2, 0) is 5.41 Å². The standard InChI is InChI=1S/C67H50N2O2/c1-6-7-25-49-43(3)70-65-53(49)29-19-34-61(65)69(59-32-16-14-26-50(59)44-21-10-8-11-22-44)47-37-39-55-58(41-47)67(4,5)57-31-18-28-52-56-40-46(36-38-48(56)42(2)63(55)64(52)57)68(45-23-12-9-13-24-45)60-33-20-30-54-51-27-15-17-35-62(51)71-66(54)60/h6-41H,1H2,2-5H3/b25-7-. The van der Waals surface area contributed by atoms with E-state index in [1.807, 2.05) is 25.1 Å². The highest BCUT2D eigenvalue weighted by Gasteiger charge is 2.36. The molecule has 0 spiro atoms. The summed E-state index contributed by atoms with van der Waals surface area (Å²) in [5, 5.41) is 8.29. The molecule has 0 amide bonds. The fraction of sp³-hybridized carbons (Fsp3) is 0.0746. The Morgan fingerprint density at radius 1 is 0.465 bits per heavy atom. The number of nitrogens with zero attached hydrogens (tertiary/aromatic N) is 2. The second-order valence-electron chi connectivity index (χ2n) is 19.3. The second-order valence-corrected chi connectivity index (χ2v) is 19.3.